The van der Waals surface area contributed by atoms with Crippen LogP contribution in [-0.4, -0.2) is 5.11 Å². The zero-order valence-electron chi connectivity index (χ0n) is 5.44. The first-order valence-corrected chi connectivity index (χ1v) is 3.65. The quantitative estimate of drug-likeness (QED) is 0.682. The predicted octanol–water partition coefficient (Wildman–Crippen LogP) is 2.62. The van der Waals surface area contributed by atoms with Crippen molar-refractivity contribution in [2.24, 2.45) is 0 Å². The Morgan fingerprint density at radius 1 is 1.27 bits per heavy atom. The van der Waals surface area contributed by atoms with Gasteiger partial charge in [0.25, 0.3) is 0 Å². The minimum absolute atomic E-state index is 0.0779. The average molecular weight is 195 g/mol. The fourth-order valence-electron chi connectivity index (χ4n) is 0.688. The van der Waals surface area contributed by atoms with Crippen LogP contribution in [-0.2, 0) is 6.61 Å². The molecule has 0 aliphatic heterocycles. The van der Waals surface area contributed by atoms with Crippen LogP contribution >= 0.6 is 23.2 Å². The SMILES string of the molecule is OCc1ccc(F)c(Cl)c1Cl. The Labute approximate surface area is 73.4 Å². The van der Waals surface area contributed by atoms with Crippen LogP contribution in [0.15, 0.2) is 12.1 Å². The van der Waals surface area contributed by atoms with Gasteiger partial charge in [0.2, 0.25) is 0 Å². The van der Waals surface area contributed by atoms with Gasteiger partial charge in [-0.25, -0.2) is 4.39 Å². The van der Waals surface area contributed by atoms with Crippen LogP contribution in [0.3, 0.4) is 0 Å². The molecular formula is C7H5Cl2FO. The van der Waals surface area contributed by atoms with E-state index in [1.165, 1.54) is 12.1 Å². The van der Waals surface area contributed by atoms with E-state index in [1.807, 2.05) is 0 Å². The smallest absolute Gasteiger partial charge is 0.143 e. The maximum Gasteiger partial charge on any atom is 0.143 e. The van der Waals surface area contributed by atoms with Gasteiger partial charge in [0, 0.05) is 0 Å². The van der Waals surface area contributed by atoms with E-state index < -0.39 is 5.82 Å². The lowest BCUT2D eigenvalue weighted by Crippen LogP contribution is -1.87. The molecule has 0 amide bonds. The number of benzene rings is 1. The maximum absolute atomic E-state index is 12.6. The molecule has 11 heavy (non-hydrogen) atoms. The van der Waals surface area contributed by atoms with Gasteiger partial charge in [0.05, 0.1) is 16.7 Å². The van der Waals surface area contributed by atoms with Crippen LogP contribution in [0.2, 0.25) is 10.0 Å². The molecule has 0 fully saturated rings. The van der Waals surface area contributed by atoms with Crippen LogP contribution in [0, 0.1) is 5.82 Å². The molecule has 0 radical (unpaired) electrons. The molecule has 0 aliphatic rings. The highest BCUT2D eigenvalue weighted by Crippen LogP contribution is 2.28. The number of aliphatic hydroxyl groups is 1. The normalized spacial score (nSPS) is 10.2. The van der Waals surface area contributed by atoms with Crippen LogP contribution in [0.25, 0.3) is 0 Å². The number of halogens is 3. The van der Waals surface area contributed by atoms with E-state index in [9.17, 15) is 4.39 Å². The van der Waals surface area contributed by atoms with E-state index >= 15 is 0 Å². The van der Waals surface area contributed by atoms with Crippen molar-refractivity contribution in [3.05, 3.63) is 33.6 Å². The number of rotatable bonds is 1. The van der Waals surface area contributed by atoms with Gasteiger partial charge in [0.15, 0.2) is 0 Å². The van der Waals surface area contributed by atoms with Crippen molar-refractivity contribution >= 4 is 23.2 Å². The second-order valence-electron chi connectivity index (χ2n) is 1.99. The Morgan fingerprint density at radius 3 is 2.45 bits per heavy atom. The van der Waals surface area contributed by atoms with E-state index in [2.05, 4.69) is 0 Å². The van der Waals surface area contributed by atoms with Gasteiger partial charge < -0.3 is 5.11 Å². The standard InChI is InChI=1S/C7H5Cl2FO/c8-6-4(3-11)1-2-5(10)7(6)9/h1-2,11H,3H2. The Bertz CT molecular complexity index is 275. The summed E-state index contributed by atoms with van der Waals surface area (Å²) in [6, 6.07) is 2.56. The molecule has 1 rings (SSSR count). The summed E-state index contributed by atoms with van der Waals surface area (Å²) >= 11 is 11.0. The second kappa shape index (κ2) is 3.39. The van der Waals surface area contributed by atoms with E-state index in [0.717, 1.165) is 0 Å². The lowest BCUT2D eigenvalue weighted by Gasteiger charge is -2.01. The van der Waals surface area contributed by atoms with Crippen LogP contribution in [0.5, 0.6) is 0 Å². The summed E-state index contributed by atoms with van der Waals surface area (Å²) in [5.74, 6) is -0.575. The van der Waals surface area contributed by atoms with E-state index in [1.54, 1.807) is 0 Å². The van der Waals surface area contributed by atoms with Crippen molar-refractivity contribution in [2.75, 3.05) is 0 Å². The third kappa shape index (κ3) is 1.64. The monoisotopic (exact) mass is 194 g/mol. The van der Waals surface area contributed by atoms with Crippen molar-refractivity contribution in [3.8, 4) is 0 Å². The third-order valence-corrected chi connectivity index (χ3v) is 2.18. The highest BCUT2D eigenvalue weighted by atomic mass is 35.5. The van der Waals surface area contributed by atoms with Gasteiger partial charge in [-0.3, -0.25) is 0 Å². The summed E-state index contributed by atoms with van der Waals surface area (Å²) < 4.78 is 12.6. The van der Waals surface area contributed by atoms with E-state index in [4.69, 9.17) is 28.3 Å². The van der Waals surface area contributed by atoms with Gasteiger partial charge >= 0.3 is 0 Å². The van der Waals surface area contributed by atoms with E-state index in [0.29, 0.717) is 5.56 Å². The molecule has 60 valence electrons. The lowest BCUT2D eigenvalue weighted by molar-refractivity contribution is 0.282. The molecule has 0 unspecified atom stereocenters. The molecule has 1 nitrogen and oxygen atoms in total. The van der Waals surface area contributed by atoms with E-state index in [-0.39, 0.29) is 16.7 Å². The predicted molar refractivity (Wildman–Crippen MR) is 42.3 cm³/mol. The summed E-state index contributed by atoms with van der Waals surface area (Å²) in [7, 11) is 0. The largest absolute Gasteiger partial charge is 0.392 e. The minimum atomic E-state index is -0.575. The first-order chi connectivity index (χ1) is 5.16. The Kier molecular flexibility index (Phi) is 2.71. The zero-order chi connectivity index (χ0) is 8.43. The van der Waals surface area contributed by atoms with Gasteiger partial charge in [-0.05, 0) is 11.6 Å². The molecule has 1 N–H and O–H groups in total. The third-order valence-electron chi connectivity index (χ3n) is 1.29. The molecule has 0 bridgehead atoms. The first kappa shape index (κ1) is 8.78. The molecule has 1 aromatic carbocycles. The number of aliphatic hydroxyl groups excluding tert-OH is 1. The molecule has 0 aliphatic carbocycles. The van der Waals surface area contributed by atoms with Crippen molar-refractivity contribution in [1.29, 1.82) is 0 Å². The highest BCUT2D eigenvalue weighted by molar-refractivity contribution is 6.42. The van der Waals surface area contributed by atoms with Gasteiger partial charge in [-0.2, -0.15) is 0 Å². The Morgan fingerprint density at radius 2 is 1.91 bits per heavy atom. The molecule has 1 aromatic rings. The van der Waals surface area contributed by atoms with Gasteiger partial charge in [0.1, 0.15) is 5.82 Å². The molecule has 4 heteroatoms. The fraction of sp³-hybridized carbons (Fsp3) is 0.143. The lowest BCUT2D eigenvalue weighted by atomic mass is 10.2. The molecule has 0 atom stereocenters. The van der Waals surface area contributed by atoms with Crippen molar-refractivity contribution in [2.45, 2.75) is 6.61 Å². The summed E-state index contributed by atoms with van der Waals surface area (Å²) in [6.45, 7) is -0.237. The van der Waals surface area contributed by atoms with Gasteiger partial charge in [-0.1, -0.05) is 29.3 Å². The molecule has 0 spiro atoms. The average Bonchev–Trinajstić information content (AvgIpc) is 2.01. The molecular weight excluding hydrogens is 190 g/mol. The van der Waals surface area contributed by atoms with Crippen molar-refractivity contribution in [1.82, 2.24) is 0 Å². The van der Waals surface area contributed by atoms with Crippen LogP contribution < -0.4 is 0 Å². The summed E-state index contributed by atoms with van der Waals surface area (Å²) in [5, 5.41) is 8.61. The minimum Gasteiger partial charge on any atom is -0.392 e. The van der Waals surface area contributed by atoms with Crippen molar-refractivity contribution < 1.29 is 9.50 Å². The Hall–Kier alpha value is -0.310. The fourth-order valence-corrected chi connectivity index (χ4v) is 1.09. The summed E-state index contributed by atoms with van der Waals surface area (Å²) in [4.78, 5) is 0. The Balaban J connectivity index is 3.25. The van der Waals surface area contributed by atoms with Gasteiger partial charge in [-0.15, -0.1) is 0 Å². The number of hydrogen-bond donors (Lipinski definition) is 1. The second-order valence-corrected chi connectivity index (χ2v) is 2.75. The molecule has 0 heterocycles. The molecule has 0 aromatic heterocycles. The topological polar surface area (TPSA) is 20.2 Å². The summed E-state index contributed by atoms with van der Waals surface area (Å²) in [5.41, 5.74) is 0.429. The van der Waals surface area contributed by atoms with Crippen LogP contribution in [0.4, 0.5) is 4.39 Å². The highest BCUT2D eigenvalue weighted by Gasteiger charge is 2.07. The maximum atomic E-state index is 12.6. The van der Waals surface area contributed by atoms with Crippen molar-refractivity contribution in [3.63, 3.8) is 0 Å². The zero-order valence-corrected chi connectivity index (χ0v) is 6.95. The molecule has 0 saturated heterocycles. The number of hydrogen-bond acceptors (Lipinski definition) is 1. The van der Waals surface area contributed by atoms with Crippen LogP contribution in [0.1, 0.15) is 5.56 Å². The summed E-state index contributed by atoms with van der Waals surface area (Å²) in [6.07, 6.45) is 0. The molecule has 0 saturated carbocycles. The first-order valence-electron chi connectivity index (χ1n) is 2.90.